The Labute approximate surface area is 120 Å². The number of rotatable bonds is 3. The number of hydrogen-bond donors (Lipinski definition) is 0. The summed E-state index contributed by atoms with van der Waals surface area (Å²) in [5.41, 5.74) is -0.829. The number of halogens is 4. The summed E-state index contributed by atoms with van der Waals surface area (Å²) in [6.45, 7) is 3.86. The molecule has 1 aromatic heterocycles. The van der Waals surface area contributed by atoms with Crippen molar-refractivity contribution in [3.8, 4) is 0 Å². The zero-order valence-electron chi connectivity index (χ0n) is 11.1. The maximum absolute atomic E-state index is 12.6. The molecule has 1 aromatic rings. The molecule has 7 heteroatoms. The molecule has 1 unspecified atom stereocenters. The van der Waals surface area contributed by atoms with Gasteiger partial charge in [-0.25, -0.2) is 4.98 Å². The van der Waals surface area contributed by atoms with E-state index in [0.717, 1.165) is 31.6 Å². The number of ether oxygens (including phenoxy) is 1. The van der Waals surface area contributed by atoms with Gasteiger partial charge in [0.05, 0.1) is 16.7 Å². The van der Waals surface area contributed by atoms with Crippen molar-refractivity contribution in [3.05, 3.63) is 22.8 Å². The predicted octanol–water partition coefficient (Wildman–Crippen LogP) is 3.76. The summed E-state index contributed by atoms with van der Waals surface area (Å²) >= 11 is 5.95. The largest absolute Gasteiger partial charge is 0.417 e. The van der Waals surface area contributed by atoms with E-state index >= 15 is 0 Å². The lowest BCUT2D eigenvalue weighted by Gasteiger charge is -2.33. The van der Waals surface area contributed by atoms with Crippen LogP contribution in [0.25, 0.3) is 0 Å². The predicted molar refractivity (Wildman–Crippen MR) is 71.1 cm³/mol. The van der Waals surface area contributed by atoms with Crippen LogP contribution < -0.4 is 4.90 Å². The molecule has 1 atom stereocenters. The molecule has 0 aromatic carbocycles. The quantitative estimate of drug-likeness (QED) is 0.850. The van der Waals surface area contributed by atoms with E-state index in [1.807, 2.05) is 11.8 Å². The molecule has 20 heavy (non-hydrogen) atoms. The number of alkyl halides is 3. The van der Waals surface area contributed by atoms with E-state index in [1.165, 1.54) is 0 Å². The van der Waals surface area contributed by atoms with Crippen molar-refractivity contribution in [3.63, 3.8) is 0 Å². The molecule has 112 valence electrons. The summed E-state index contributed by atoms with van der Waals surface area (Å²) in [6.07, 6.45) is -1.67. The lowest BCUT2D eigenvalue weighted by atomic mass is 10.1. The molecular weight excluding hydrogens is 293 g/mol. The second-order valence-corrected chi connectivity index (χ2v) is 5.10. The fourth-order valence-electron chi connectivity index (χ4n) is 2.32. The number of hydrogen-bond acceptors (Lipinski definition) is 3. The van der Waals surface area contributed by atoms with E-state index in [2.05, 4.69) is 4.98 Å². The molecular formula is C13H16ClF3N2O. The molecule has 0 spiro atoms. The highest BCUT2D eigenvalue weighted by Crippen LogP contribution is 2.34. The number of pyridine rings is 1. The van der Waals surface area contributed by atoms with Gasteiger partial charge < -0.3 is 9.64 Å². The van der Waals surface area contributed by atoms with Crippen molar-refractivity contribution < 1.29 is 17.9 Å². The summed E-state index contributed by atoms with van der Waals surface area (Å²) in [5.74, 6) is 0.393. The van der Waals surface area contributed by atoms with Gasteiger partial charge in [-0.05, 0) is 25.8 Å². The molecule has 0 radical (unpaired) electrons. The van der Waals surface area contributed by atoms with Gasteiger partial charge in [0.25, 0.3) is 0 Å². The second kappa shape index (κ2) is 6.18. The third kappa shape index (κ3) is 3.55. The smallest absolute Gasteiger partial charge is 0.377 e. The molecule has 1 aliphatic rings. The Morgan fingerprint density at radius 1 is 1.50 bits per heavy atom. The third-order valence-electron chi connectivity index (χ3n) is 3.23. The highest BCUT2D eigenvalue weighted by Gasteiger charge is 2.32. The molecule has 0 aliphatic carbocycles. The van der Waals surface area contributed by atoms with Gasteiger partial charge >= 0.3 is 6.18 Å². The molecule has 2 heterocycles. The van der Waals surface area contributed by atoms with Crippen LogP contribution in [0.15, 0.2) is 12.3 Å². The van der Waals surface area contributed by atoms with Crippen LogP contribution in [0.2, 0.25) is 5.02 Å². The summed E-state index contributed by atoms with van der Waals surface area (Å²) in [6, 6.07) is 0.925. The molecule has 0 amide bonds. The van der Waals surface area contributed by atoms with E-state index in [0.29, 0.717) is 19.0 Å². The summed E-state index contributed by atoms with van der Waals surface area (Å²) in [5, 5.41) is 0.0250. The molecule has 3 nitrogen and oxygen atoms in total. The number of nitrogens with zero attached hydrogens (tertiary/aromatic N) is 2. The second-order valence-electron chi connectivity index (χ2n) is 4.69. The fourth-order valence-corrected chi connectivity index (χ4v) is 2.61. The van der Waals surface area contributed by atoms with E-state index in [9.17, 15) is 13.2 Å². The van der Waals surface area contributed by atoms with Crippen LogP contribution in [0.4, 0.5) is 19.0 Å². The summed E-state index contributed by atoms with van der Waals surface area (Å²) < 4.78 is 43.3. The first-order valence-corrected chi connectivity index (χ1v) is 6.89. The topological polar surface area (TPSA) is 25.4 Å². The van der Waals surface area contributed by atoms with Gasteiger partial charge in [0.1, 0.15) is 5.82 Å². The van der Waals surface area contributed by atoms with Crippen molar-refractivity contribution in [2.24, 2.45) is 0 Å². The minimum absolute atomic E-state index is 0.0250. The van der Waals surface area contributed by atoms with Crippen LogP contribution in [0.5, 0.6) is 0 Å². The number of piperidine rings is 1. The summed E-state index contributed by atoms with van der Waals surface area (Å²) in [7, 11) is 0. The average Bonchev–Trinajstić information content (AvgIpc) is 2.38. The van der Waals surface area contributed by atoms with E-state index < -0.39 is 11.7 Å². The zero-order chi connectivity index (χ0) is 14.8. The Bertz CT molecular complexity index is 465. The first kappa shape index (κ1) is 15.4. The summed E-state index contributed by atoms with van der Waals surface area (Å²) in [4.78, 5) is 5.76. The van der Waals surface area contributed by atoms with Crippen LogP contribution in [0.1, 0.15) is 25.3 Å². The Morgan fingerprint density at radius 2 is 2.25 bits per heavy atom. The molecule has 1 aliphatic heterocycles. The zero-order valence-corrected chi connectivity index (χ0v) is 11.8. The molecule has 2 rings (SSSR count). The third-order valence-corrected chi connectivity index (χ3v) is 3.51. The minimum Gasteiger partial charge on any atom is -0.377 e. The Balaban J connectivity index is 2.16. The SMILES string of the molecule is CCOC1CCCN(c2ncc(C(F)(F)F)cc2Cl)C1. The maximum Gasteiger partial charge on any atom is 0.417 e. The van der Waals surface area contributed by atoms with Crippen molar-refractivity contribution in [2.45, 2.75) is 32.0 Å². The molecule has 1 fully saturated rings. The van der Waals surface area contributed by atoms with Crippen molar-refractivity contribution >= 4 is 17.4 Å². The molecule has 0 bridgehead atoms. The van der Waals surface area contributed by atoms with Gasteiger partial charge in [0.2, 0.25) is 0 Å². The Morgan fingerprint density at radius 3 is 2.85 bits per heavy atom. The first-order chi connectivity index (χ1) is 9.41. The van der Waals surface area contributed by atoms with Crippen LogP contribution in [-0.2, 0) is 10.9 Å². The van der Waals surface area contributed by atoms with Gasteiger partial charge in [-0.3, -0.25) is 0 Å². The first-order valence-electron chi connectivity index (χ1n) is 6.51. The van der Waals surface area contributed by atoms with E-state index in [-0.39, 0.29) is 11.1 Å². The highest BCUT2D eigenvalue weighted by molar-refractivity contribution is 6.33. The van der Waals surface area contributed by atoms with Crippen LogP contribution in [0, 0.1) is 0 Å². The Hall–Kier alpha value is -1.01. The molecule has 1 saturated heterocycles. The van der Waals surface area contributed by atoms with Gasteiger partial charge in [0, 0.05) is 25.9 Å². The lowest BCUT2D eigenvalue weighted by Crippen LogP contribution is -2.40. The van der Waals surface area contributed by atoms with Crippen molar-refractivity contribution in [1.82, 2.24) is 4.98 Å². The average molecular weight is 309 g/mol. The van der Waals surface area contributed by atoms with Crippen LogP contribution in [0.3, 0.4) is 0 Å². The highest BCUT2D eigenvalue weighted by atomic mass is 35.5. The lowest BCUT2D eigenvalue weighted by molar-refractivity contribution is -0.137. The van der Waals surface area contributed by atoms with Gasteiger partial charge in [0.15, 0.2) is 0 Å². The van der Waals surface area contributed by atoms with Gasteiger partial charge in [-0.1, -0.05) is 11.6 Å². The molecule has 0 N–H and O–H groups in total. The van der Waals surface area contributed by atoms with Gasteiger partial charge in [-0.2, -0.15) is 13.2 Å². The maximum atomic E-state index is 12.6. The van der Waals surface area contributed by atoms with E-state index in [1.54, 1.807) is 0 Å². The monoisotopic (exact) mass is 308 g/mol. The normalized spacial score (nSPS) is 20.2. The van der Waals surface area contributed by atoms with E-state index in [4.69, 9.17) is 16.3 Å². The standard InChI is InChI=1S/C13H16ClF3N2O/c1-2-20-10-4-3-5-19(8-10)12-11(14)6-9(7-18-12)13(15,16)17/h6-7,10H,2-5,8H2,1H3. The molecule has 0 saturated carbocycles. The van der Waals surface area contributed by atoms with Crippen molar-refractivity contribution in [2.75, 3.05) is 24.6 Å². The van der Waals surface area contributed by atoms with Crippen LogP contribution >= 0.6 is 11.6 Å². The fraction of sp³-hybridized carbons (Fsp3) is 0.615. The number of aromatic nitrogens is 1. The van der Waals surface area contributed by atoms with Crippen molar-refractivity contribution in [1.29, 1.82) is 0 Å². The number of anilines is 1. The minimum atomic E-state index is -4.43. The van der Waals surface area contributed by atoms with Crippen LogP contribution in [-0.4, -0.2) is 30.8 Å². The Kier molecular flexibility index (Phi) is 4.75. The van der Waals surface area contributed by atoms with Gasteiger partial charge in [-0.15, -0.1) is 0 Å².